The van der Waals surface area contributed by atoms with Crippen molar-refractivity contribution < 1.29 is 27.4 Å². The van der Waals surface area contributed by atoms with E-state index in [-0.39, 0.29) is 23.9 Å². The average molecular weight is 360 g/mol. The molecule has 0 radical (unpaired) electrons. The summed E-state index contributed by atoms with van der Waals surface area (Å²) in [6, 6.07) is 6.11. The molecule has 0 bridgehead atoms. The van der Waals surface area contributed by atoms with Crippen molar-refractivity contribution in [1.82, 2.24) is 10.3 Å². The zero-order valence-corrected chi connectivity index (χ0v) is 13.5. The summed E-state index contributed by atoms with van der Waals surface area (Å²) in [7, 11) is 1.54. The highest BCUT2D eigenvalue weighted by molar-refractivity contribution is 7.09. The van der Waals surface area contributed by atoms with Gasteiger partial charge in [0.1, 0.15) is 16.5 Å². The number of nitrogens with zero attached hydrogens (tertiary/aromatic N) is 1. The van der Waals surface area contributed by atoms with Crippen LogP contribution in [0, 0.1) is 0 Å². The number of thiazole rings is 1. The van der Waals surface area contributed by atoms with Crippen LogP contribution in [0.4, 0.5) is 13.2 Å². The molecular formula is C15H15F3N2O3S. The second-order valence-corrected chi connectivity index (χ2v) is 5.74. The first-order valence-corrected chi connectivity index (χ1v) is 7.75. The Morgan fingerprint density at radius 3 is 2.88 bits per heavy atom. The molecule has 9 heteroatoms. The fourth-order valence-corrected chi connectivity index (χ4v) is 2.53. The van der Waals surface area contributed by atoms with Gasteiger partial charge < -0.3 is 14.8 Å². The first-order valence-electron chi connectivity index (χ1n) is 6.87. The molecule has 0 saturated carbocycles. The molecule has 0 atom stereocenters. The minimum Gasteiger partial charge on any atom is -0.484 e. The Bertz CT molecular complexity index is 689. The van der Waals surface area contributed by atoms with Gasteiger partial charge in [-0.05, 0) is 17.7 Å². The Morgan fingerprint density at radius 2 is 2.17 bits per heavy atom. The molecule has 1 N–H and O–H groups in total. The highest BCUT2D eigenvalue weighted by Crippen LogP contribution is 2.19. The Balaban J connectivity index is 1.90. The molecule has 2 aromatic rings. The summed E-state index contributed by atoms with van der Waals surface area (Å²) in [5, 5.41) is 4.96. The van der Waals surface area contributed by atoms with Crippen LogP contribution in [-0.2, 0) is 17.9 Å². The summed E-state index contributed by atoms with van der Waals surface area (Å²) in [6.45, 7) is -0.875. The molecule has 1 amide bonds. The summed E-state index contributed by atoms with van der Waals surface area (Å²) in [4.78, 5) is 16.1. The molecule has 24 heavy (non-hydrogen) atoms. The zero-order chi connectivity index (χ0) is 17.6. The molecule has 1 aromatic carbocycles. The van der Waals surface area contributed by atoms with E-state index in [0.29, 0.717) is 17.2 Å². The third-order valence-corrected chi connectivity index (χ3v) is 3.63. The first kappa shape index (κ1) is 18.2. The van der Waals surface area contributed by atoms with Crippen molar-refractivity contribution in [3.63, 3.8) is 0 Å². The number of aromatic nitrogens is 1. The third-order valence-electron chi connectivity index (χ3n) is 2.81. The SMILES string of the molecule is COCc1nc(C(=O)NCc2cccc(OCC(F)(F)F)c2)cs1. The van der Waals surface area contributed by atoms with Crippen LogP contribution in [0.5, 0.6) is 5.75 Å². The van der Waals surface area contributed by atoms with E-state index in [0.717, 1.165) is 0 Å². The van der Waals surface area contributed by atoms with E-state index in [9.17, 15) is 18.0 Å². The topological polar surface area (TPSA) is 60.5 Å². The van der Waals surface area contributed by atoms with Crippen molar-refractivity contribution in [2.75, 3.05) is 13.7 Å². The molecule has 0 aliphatic heterocycles. The van der Waals surface area contributed by atoms with E-state index in [4.69, 9.17) is 4.74 Å². The van der Waals surface area contributed by atoms with Crippen LogP contribution in [0.2, 0.25) is 0 Å². The number of hydrogen-bond donors (Lipinski definition) is 1. The number of carbonyl (C=O) groups excluding carboxylic acids is 1. The maximum absolute atomic E-state index is 12.1. The van der Waals surface area contributed by atoms with Gasteiger partial charge in [0.05, 0.1) is 6.61 Å². The predicted octanol–water partition coefficient (Wildman–Crippen LogP) is 3.16. The summed E-state index contributed by atoms with van der Waals surface area (Å²) in [6.07, 6.45) is -4.39. The van der Waals surface area contributed by atoms with E-state index in [1.807, 2.05) is 0 Å². The van der Waals surface area contributed by atoms with Crippen molar-refractivity contribution in [3.05, 3.63) is 45.9 Å². The molecule has 2 rings (SSSR count). The van der Waals surface area contributed by atoms with Crippen molar-refractivity contribution in [3.8, 4) is 5.75 Å². The number of alkyl halides is 3. The van der Waals surface area contributed by atoms with Crippen LogP contribution in [0.3, 0.4) is 0 Å². The van der Waals surface area contributed by atoms with E-state index < -0.39 is 12.8 Å². The minimum atomic E-state index is -4.39. The molecule has 0 saturated heterocycles. The monoisotopic (exact) mass is 360 g/mol. The van der Waals surface area contributed by atoms with Crippen molar-refractivity contribution in [2.45, 2.75) is 19.3 Å². The molecule has 0 spiro atoms. The fraction of sp³-hybridized carbons (Fsp3) is 0.333. The molecule has 0 aliphatic rings. The number of benzene rings is 1. The number of halogens is 3. The van der Waals surface area contributed by atoms with E-state index in [1.54, 1.807) is 17.5 Å². The lowest BCUT2D eigenvalue weighted by molar-refractivity contribution is -0.153. The Kier molecular flexibility index (Phi) is 6.16. The van der Waals surface area contributed by atoms with Crippen LogP contribution in [-0.4, -0.2) is 30.8 Å². The maximum atomic E-state index is 12.1. The third kappa shape index (κ3) is 5.82. The van der Waals surface area contributed by atoms with Gasteiger partial charge >= 0.3 is 6.18 Å². The van der Waals surface area contributed by atoms with Gasteiger partial charge in [0.25, 0.3) is 5.91 Å². The number of amides is 1. The molecule has 0 fully saturated rings. The Labute approximate surface area is 140 Å². The molecule has 0 unspecified atom stereocenters. The second-order valence-electron chi connectivity index (χ2n) is 4.79. The van der Waals surface area contributed by atoms with Gasteiger partial charge in [0.15, 0.2) is 6.61 Å². The minimum absolute atomic E-state index is 0.0927. The van der Waals surface area contributed by atoms with E-state index >= 15 is 0 Å². The van der Waals surface area contributed by atoms with Crippen LogP contribution in [0.1, 0.15) is 21.1 Å². The molecule has 1 aromatic heterocycles. The van der Waals surface area contributed by atoms with Gasteiger partial charge in [0.2, 0.25) is 0 Å². The van der Waals surface area contributed by atoms with Gasteiger partial charge in [-0.1, -0.05) is 12.1 Å². The summed E-state index contributed by atoms with van der Waals surface area (Å²) in [5.41, 5.74) is 0.895. The van der Waals surface area contributed by atoms with Crippen LogP contribution in [0.25, 0.3) is 0 Å². The van der Waals surface area contributed by atoms with Gasteiger partial charge in [-0.3, -0.25) is 4.79 Å². The summed E-state index contributed by atoms with van der Waals surface area (Å²) >= 11 is 1.31. The van der Waals surface area contributed by atoms with Gasteiger partial charge in [-0.15, -0.1) is 11.3 Å². The van der Waals surface area contributed by atoms with Crippen LogP contribution >= 0.6 is 11.3 Å². The lowest BCUT2D eigenvalue weighted by atomic mass is 10.2. The fourth-order valence-electron chi connectivity index (χ4n) is 1.79. The highest BCUT2D eigenvalue weighted by atomic mass is 32.1. The van der Waals surface area contributed by atoms with Crippen LogP contribution in [0.15, 0.2) is 29.6 Å². The molecule has 130 valence electrons. The largest absolute Gasteiger partial charge is 0.484 e. The van der Waals surface area contributed by atoms with Crippen molar-refractivity contribution in [1.29, 1.82) is 0 Å². The van der Waals surface area contributed by atoms with Gasteiger partial charge in [-0.2, -0.15) is 13.2 Å². The lowest BCUT2D eigenvalue weighted by Crippen LogP contribution is -2.23. The second kappa shape index (κ2) is 8.11. The quantitative estimate of drug-likeness (QED) is 0.824. The zero-order valence-electron chi connectivity index (χ0n) is 12.7. The number of nitrogens with one attached hydrogen (secondary N) is 1. The molecule has 5 nitrogen and oxygen atoms in total. The Morgan fingerprint density at radius 1 is 1.38 bits per heavy atom. The summed E-state index contributed by atoms with van der Waals surface area (Å²) in [5.74, 6) is -0.273. The summed E-state index contributed by atoms with van der Waals surface area (Å²) < 4.78 is 46.0. The number of methoxy groups -OCH3 is 1. The van der Waals surface area contributed by atoms with Crippen molar-refractivity contribution in [2.24, 2.45) is 0 Å². The molecule has 1 heterocycles. The lowest BCUT2D eigenvalue weighted by Gasteiger charge is -2.10. The average Bonchev–Trinajstić information content (AvgIpc) is 2.99. The van der Waals surface area contributed by atoms with Gasteiger partial charge in [0, 0.05) is 19.0 Å². The number of carbonyl (C=O) groups is 1. The molecule has 0 aliphatic carbocycles. The normalized spacial score (nSPS) is 11.3. The Hall–Kier alpha value is -2.13. The number of rotatable bonds is 7. The number of hydrogen-bond acceptors (Lipinski definition) is 5. The van der Waals surface area contributed by atoms with Crippen molar-refractivity contribution >= 4 is 17.2 Å². The van der Waals surface area contributed by atoms with Crippen LogP contribution < -0.4 is 10.1 Å². The van der Waals surface area contributed by atoms with E-state index in [2.05, 4.69) is 15.0 Å². The van der Waals surface area contributed by atoms with Gasteiger partial charge in [-0.25, -0.2) is 4.98 Å². The highest BCUT2D eigenvalue weighted by Gasteiger charge is 2.28. The maximum Gasteiger partial charge on any atom is 0.422 e. The molecular weight excluding hydrogens is 345 g/mol. The standard InChI is InChI=1S/C15H15F3N2O3S/c1-22-7-13-20-12(8-24-13)14(21)19-6-10-3-2-4-11(5-10)23-9-15(16,17)18/h2-5,8H,6-7,9H2,1H3,(H,19,21). The number of ether oxygens (including phenoxy) is 2. The van der Waals surface area contributed by atoms with E-state index in [1.165, 1.54) is 30.6 Å². The first-order chi connectivity index (χ1) is 11.4. The predicted molar refractivity (Wildman–Crippen MR) is 82.0 cm³/mol. The smallest absolute Gasteiger partial charge is 0.422 e.